The molecule has 1 amide bonds. The SMILES string of the molecule is O=C(Nc1csc(C(F)(F)F)c1-c1ccccc1)C(Cl)Cl. The van der Waals surface area contributed by atoms with Gasteiger partial charge in [-0.15, -0.1) is 11.3 Å². The summed E-state index contributed by atoms with van der Waals surface area (Å²) in [5.74, 6) is -0.776. The molecule has 0 aliphatic carbocycles. The fourth-order valence-corrected chi connectivity index (χ4v) is 2.74. The molecule has 2 aromatic rings. The van der Waals surface area contributed by atoms with E-state index in [1.54, 1.807) is 18.2 Å². The molecule has 0 saturated carbocycles. The van der Waals surface area contributed by atoms with Crippen LogP contribution in [0.5, 0.6) is 0 Å². The van der Waals surface area contributed by atoms with E-state index in [0.29, 0.717) is 16.9 Å². The van der Waals surface area contributed by atoms with E-state index < -0.39 is 21.8 Å². The molecule has 0 bridgehead atoms. The van der Waals surface area contributed by atoms with Gasteiger partial charge in [0.05, 0.1) is 5.69 Å². The Bertz CT molecular complexity index is 641. The summed E-state index contributed by atoms with van der Waals surface area (Å²) in [6, 6.07) is 7.99. The van der Waals surface area contributed by atoms with Crippen LogP contribution in [0.15, 0.2) is 35.7 Å². The van der Waals surface area contributed by atoms with Crippen LogP contribution in [0.3, 0.4) is 0 Å². The number of rotatable bonds is 3. The number of benzene rings is 1. The fourth-order valence-electron chi connectivity index (χ4n) is 1.74. The summed E-state index contributed by atoms with van der Waals surface area (Å²) in [6.45, 7) is 0. The molecule has 0 atom stereocenters. The largest absolute Gasteiger partial charge is 0.426 e. The van der Waals surface area contributed by atoms with Gasteiger partial charge in [0.2, 0.25) is 0 Å². The number of thiophene rings is 1. The zero-order valence-corrected chi connectivity index (χ0v) is 12.6. The van der Waals surface area contributed by atoms with Crippen LogP contribution in [0.4, 0.5) is 18.9 Å². The van der Waals surface area contributed by atoms with E-state index in [1.165, 1.54) is 17.5 Å². The molecule has 0 spiro atoms. The van der Waals surface area contributed by atoms with Crippen LogP contribution in [0.25, 0.3) is 11.1 Å². The van der Waals surface area contributed by atoms with Crippen LogP contribution in [0.1, 0.15) is 4.88 Å². The Morgan fingerprint density at radius 3 is 2.33 bits per heavy atom. The number of anilines is 1. The maximum atomic E-state index is 13.1. The summed E-state index contributed by atoms with van der Waals surface area (Å²) in [5.41, 5.74) is 0.298. The molecule has 1 aromatic heterocycles. The van der Waals surface area contributed by atoms with E-state index in [4.69, 9.17) is 23.2 Å². The van der Waals surface area contributed by atoms with Crippen LogP contribution in [0, 0.1) is 0 Å². The first-order valence-electron chi connectivity index (χ1n) is 5.64. The lowest BCUT2D eigenvalue weighted by molar-refractivity contribution is -0.133. The first kappa shape index (κ1) is 16.1. The third-order valence-electron chi connectivity index (χ3n) is 2.57. The van der Waals surface area contributed by atoms with Crippen molar-refractivity contribution in [1.29, 1.82) is 0 Å². The molecular formula is C13H8Cl2F3NOS. The number of carbonyl (C=O) groups is 1. The third kappa shape index (κ3) is 3.70. The standard InChI is InChI=1S/C13H8Cl2F3NOS/c14-11(15)12(20)19-8-6-21-10(13(16,17)18)9(8)7-4-2-1-3-5-7/h1-6,11H,(H,19,20). The molecule has 1 heterocycles. The second-order valence-corrected chi connectivity index (χ2v) is 5.98. The molecule has 0 radical (unpaired) electrons. The van der Waals surface area contributed by atoms with Gasteiger partial charge in [0, 0.05) is 10.9 Å². The first-order valence-corrected chi connectivity index (χ1v) is 7.39. The minimum absolute atomic E-state index is 0.0369. The molecular weight excluding hydrogens is 346 g/mol. The van der Waals surface area contributed by atoms with Gasteiger partial charge in [-0.25, -0.2) is 0 Å². The minimum atomic E-state index is -4.51. The summed E-state index contributed by atoms with van der Waals surface area (Å²) in [4.78, 5) is 9.36. The Balaban J connectivity index is 2.52. The van der Waals surface area contributed by atoms with Crippen molar-refractivity contribution in [3.63, 3.8) is 0 Å². The van der Waals surface area contributed by atoms with Crippen molar-refractivity contribution >= 4 is 46.1 Å². The third-order valence-corrected chi connectivity index (χ3v) is 3.99. The highest BCUT2D eigenvalue weighted by atomic mass is 35.5. The topological polar surface area (TPSA) is 29.1 Å². The van der Waals surface area contributed by atoms with Crippen molar-refractivity contribution < 1.29 is 18.0 Å². The van der Waals surface area contributed by atoms with E-state index >= 15 is 0 Å². The Morgan fingerprint density at radius 1 is 1.19 bits per heavy atom. The van der Waals surface area contributed by atoms with Gasteiger partial charge in [-0.3, -0.25) is 4.79 Å². The molecule has 0 fully saturated rings. The van der Waals surface area contributed by atoms with Crippen molar-refractivity contribution in [2.45, 2.75) is 11.0 Å². The average molecular weight is 354 g/mol. The second kappa shape index (κ2) is 6.25. The van der Waals surface area contributed by atoms with Gasteiger partial charge in [0.1, 0.15) is 4.88 Å². The lowest BCUT2D eigenvalue weighted by Gasteiger charge is -2.11. The Labute approximate surface area is 132 Å². The van der Waals surface area contributed by atoms with Crippen LogP contribution < -0.4 is 5.32 Å². The number of nitrogens with one attached hydrogen (secondary N) is 1. The lowest BCUT2D eigenvalue weighted by Crippen LogP contribution is -2.18. The average Bonchev–Trinajstić information content (AvgIpc) is 2.83. The number of halogens is 5. The van der Waals surface area contributed by atoms with E-state index in [1.807, 2.05) is 0 Å². The van der Waals surface area contributed by atoms with Gasteiger partial charge < -0.3 is 5.32 Å². The molecule has 112 valence electrons. The maximum absolute atomic E-state index is 13.1. The molecule has 1 aromatic carbocycles. The second-order valence-electron chi connectivity index (χ2n) is 4.01. The Kier molecular flexibility index (Phi) is 4.81. The van der Waals surface area contributed by atoms with E-state index in [0.717, 1.165) is 0 Å². The van der Waals surface area contributed by atoms with E-state index in [-0.39, 0.29) is 11.3 Å². The normalized spacial score (nSPS) is 11.7. The van der Waals surface area contributed by atoms with Gasteiger partial charge in [-0.1, -0.05) is 53.5 Å². The summed E-state index contributed by atoms with van der Waals surface area (Å²) in [6.07, 6.45) is -4.51. The molecule has 2 rings (SSSR count). The van der Waals surface area contributed by atoms with Crippen molar-refractivity contribution in [3.8, 4) is 11.1 Å². The summed E-state index contributed by atoms with van der Waals surface area (Å²) < 4.78 is 39.3. The monoisotopic (exact) mass is 353 g/mol. The molecule has 0 aliphatic rings. The zero-order valence-electron chi connectivity index (χ0n) is 10.2. The van der Waals surface area contributed by atoms with Gasteiger partial charge in [-0.05, 0) is 5.56 Å². The van der Waals surface area contributed by atoms with Crippen LogP contribution in [-0.2, 0) is 11.0 Å². The number of hydrogen-bond donors (Lipinski definition) is 1. The van der Waals surface area contributed by atoms with Crippen molar-refractivity contribution in [1.82, 2.24) is 0 Å². The quantitative estimate of drug-likeness (QED) is 0.757. The van der Waals surface area contributed by atoms with Gasteiger partial charge in [0.25, 0.3) is 5.91 Å². The highest BCUT2D eigenvalue weighted by Gasteiger charge is 2.37. The fraction of sp³-hybridized carbons (Fsp3) is 0.154. The molecule has 0 unspecified atom stereocenters. The lowest BCUT2D eigenvalue weighted by atomic mass is 10.0. The Morgan fingerprint density at radius 2 is 1.81 bits per heavy atom. The van der Waals surface area contributed by atoms with Gasteiger partial charge >= 0.3 is 6.18 Å². The number of hydrogen-bond acceptors (Lipinski definition) is 2. The van der Waals surface area contributed by atoms with E-state index in [9.17, 15) is 18.0 Å². The maximum Gasteiger partial charge on any atom is 0.426 e. The van der Waals surface area contributed by atoms with Gasteiger partial charge in [0.15, 0.2) is 4.84 Å². The summed E-state index contributed by atoms with van der Waals surface area (Å²) in [5, 5.41) is 3.53. The minimum Gasteiger partial charge on any atom is -0.322 e. The molecule has 8 heteroatoms. The highest BCUT2D eigenvalue weighted by Crippen LogP contribution is 2.45. The van der Waals surface area contributed by atoms with Crippen molar-refractivity contribution in [2.75, 3.05) is 5.32 Å². The number of alkyl halides is 5. The summed E-state index contributed by atoms with van der Waals surface area (Å²) >= 11 is 11.3. The highest BCUT2D eigenvalue weighted by molar-refractivity contribution is 7.11. The predicted molar refractivity (Wildman–Crippen MR) is 78.9 cm³/mol. The van der Waals surface area contributed by atoms with Crippen LogP contribution in [-0.4, -0.2) is 10.7 Å². The molecule has 1 N–H and O–H groups in total. The number of amides is 1. The van der Waals surface area contributed by atoms with Crippen LogP contribution in [0.2, 0.25) is 0 Å². The predicted octanol–water partition coefficient (Wildman–Crippen LogP) is 5.18. The molecule has 0 aliphatic heterocycles. The van der Waals surface area contributed by atoms with Crippen molar-refractivity contribution in [2.24, 2.45) is 0 Å². The molecule has 0 saturated heterocycles. The number of carbonyl (C=O) groups excluding carboxylic acids is 1. The summed E-state index contributed by atoms with van der Waals surface area (Å²) in [7, 11) is 0. The zero-order chi connectivity index (χ0) is 15.6. The molecule has 2 nitrogen and oxygen atoms in total. The van der Waals surface area contributed by atoms with Crippen molar-refractivity contribution in [3.05, 3.63) is 40.6 Å². The van der Waals surface area contributed by atoms with Gasteiger partial charge in [-0.2, -0.15) is 13.2 Å². The smallest absolute Gasteiger partial charge is 0.322 e. The Hall–Kier alpha value is -1.24. The van der Waals surface area contributed by atoms with Crippen LogP contribution >= 0.6 is 34.5 Å². The molecule has 21 heavy (non-hydrogen) atoms. The van der Waals surface area contributed by atoms with E-state index in [2.05, 4.69) is 5.32 Å². The first-order chi connectivity index (χ1) is 9.80.